The average molecular weight is 265 g/mol. The highest BCUT2D eigenvalue weighted by Crippen LogP contribution is 2.30. The van der Waals surface area contributed by atoms with Gasteiger partial charge in [-0.05, 0) is 18.2 Å². The van der Waals surface area contributed by atoms with Crippen LogP contribution in [0.25, 0.3) is 0 Å². The van der Waals surface area contributed by atoms with E-state index in [0.717, 1.165) is 0 Å². The predicted molar refractivity (Wildman–Crippen MR) is 72.3 cm³/mol. The van der Waals surface area contributed by atoms with Gasteiger partial charge in [0.2, 0.25) is 5.78 Å². The molecule has 0 bridgehead atoms. The maximum Gasteiger partial charge on any atom is 0.230 e. The van der Waals surface area contributed by atoms with E-state index in [4.69, 9.17) is 0 Å². The molecule has 1 heterocycles. The van der Waals surface area contributed by atoms with E-state index < -0.39 is 5.97 Å². The Morgan fingerprint density at radius 3 is 2.50 bits per heavy atom. The van der Waals surface area contributed by atoms with Crippen LogP contribution in [0.5, 0.6) is 0 Å². The summed E-state index contributed by atoms with van der Waals surface area (Å²) in [6, 6.07) is 13.5. The molecule has 0 atom stereocenters. The topological polar surface area (TPSA) is 81.6 Å². The summed E-state index contributed by atoms with van der Waals surface area (Å²) in [5, 5.41) is 13.9. The number of nitrogens with zero attached hydrogens (tertiary/aromatic N) is 1. The van der Waals surface area contributed by atoms with E-state index in [1.165, 1.54) is 12.1 Å². The Morgan fingerprint density at radius 2 is 1.80 bits per heavy atom. The number of ketones is 1. The largest absolute Gasteiger partial charge is 0.545 e. The molecule has 2 aromatic carbocycles. The molecule has 3 rings (SSSR count). The van der Waals surface area contributed by atoms with E-state index in [2.05, 4.69) is 10.3 Å². The van der Waals surface area contributed by atoms with Crippen LogP contribution < -0.4 is 10.4 Å². The molecule has 98 valence electrons. The molecule has 0 fully saturated rings. The number of hydrogen-bond acceptors (Lipinski definition) is 5. The van der Waals surface area contributed by atoms with Gasteiger partial charge in [0.15, 0.2) is 5.84 Å². The van der Waals surface area contributed by atoms with E-state index in [-0.39, 0.29) is 28.4 Å². The number of Topliss-reactive ketones (excluding diaryl/α,β-unsaturated/α-hetero) is 1. The van der Waals surface area contributed by atoms with Crippen molar-refractivity contribution in [1.29, 1.82) is 0 Å². The number of hydrogen-bond donors (Lipinski definition) is 1. The SMILES string of the molecule is O=C([O-])c1cccc2c1N=C(Nc1ccccc1)C2=O. The lowest BCUT2D eigenvalue weighted by Crippen LogP contribution is -2.22. The van der Waals surface area contributed by atoms with E-state index in [1.54, 1.807) is 18.2 Å². The Bertz CT molecular complexity index is 736. The van der Waals surface area contributed by atoms with Crippen molar-refractivity contribution in [2.24, 2.45) is 4.99 Å². The molecule has 0 aromatic heterocycles. The molecule has 0 spiro atoms. The van der Waals surface area contributed by atoms with E-state index >= 15 is 0 Å². The third-order valence-electron chi connectivity index (χ3n) is 2.98. The van der Waals surface area contributed by atoms with Crippen molar-refractivity contribution in [3.05, 3.63) is 59.7 Å². The van der Waals surface area contributed by atoms with Gasteiger partial charge in [0.05, 0.1) is 17.2 Å². The number of nitrogens with one attached hydrogen (secondary N) is 1. The molecule has 0 saturated carbocycles. The summed E-state index contributed by atoms with van der Waals surface area (Å²) in [6.45, 7) is 0. The maximum atomic E-state index is 12.2. The van der Waals surface area contributed by atoms with Crippen LogP contribution >= 0.6 is 0 Å². The van der Waals surface area contributed by atoms with Crippen molar-refractivity contribution in [2.45, 2.75) is 0 Å². The van der Waals surface area contributed by atoms with Crippen molar-refractivity contribution in [1.82, 2.24) is 0 Å². The number of benzene rings is 2. The van der Waals surface area contributed by atoms with Crippen molar-refractivity contribution in [3.8, 4) is 0 Å². The zero-order chi connectivity index (χ0) is 14.1. The van der Waals surface area contributed by atoms with Crippen molar-refractivity contribution in [2.75, 3.05) is 5.32 Å². The summed E-state index contributed by atoms with van der Waals surface area (Å²) in [5.74, 6) is -1.56. The molecule has 1 aliphatic rings. The highest BCUT2D eigenvalue weighted by molar-refractivity contribution is 6.52. The fraction of sp³-hybridized carbons (Fsp3) is 0. The first-order valence-corrected chi connectivity index (χ1v) is 5.96. The number of amidine groups is 1. The number of fused-ring (bicyclic) bond motifs is 1. The summed E-state index contributed by atoms with van der Waals surface area (Å²) < 4.78 is 0. The molecule has 0 unspecified atom stereocenters. The molecular weight excluding hydrogens is 256 g/mol. The van der Waals surface area contributed by atoms with Gasteiger partial charge in [0.1, 0.15) is 0 Å². The van der Waals surface area contributed by atoms with Gasteiger partial charge in [-0.3, -0.25) is 4.79 Å². The Hall–Kier alpha value is -2.95. The number of rotatable bonds is 2. The molecule has 0 radical (unpaired) electrons. The van der Waals surface area contributed by atoms with Crippen LogP contribution in [0.3, 0.4) is 0 Å². The second-order valence-corrected chi connectivity index (χ2v) is 4.27. The lowest BCUT2D eigenvalue weighted by molar-refractivity contribution is -0.254. The van der Waals surface area contributed by atoms with Gasteiger partial charge in [-0.2, -0.15) is 0 Å². The lowest BCUT2D eigenvalue weighted by atomic mass is 10.1. The first-order chi connectivity index (χ1) is 9.66. The molecular formula is C15H9N2O3-. The molecule has 0 amide bonds. The minimum atomic E-state index is -1.35. The van der Waals surface area contributed by atoms with Crippen LogP contribution in [0.4, 0.5) is 11.4 Å². The third-order valence-corrected chi connectivity index (χ3v) is 2.98. The smallest absolute Gasteiger partial charge is 0.230 e. The summed E-state index contributed by atoms with van der Waals surface area (Å²) in [5.41, 5.74) is 1.05. The van der Waals surface area contributed by atoms with Crippen LogP contribution in [-0.4, -0.2) is 17.6 Å². The number of aliphatic imine (C=N–C) groups is 1. The minimum Gasteiger partial charge on any atom is -0.545 e. The fourth-order valence-corrected chi connectivity index (χ4v) is 2.04. The molecule has 2 aromatic rings. The second kappa shape index (κ2) is 4.62. The predicted octanol–water partition coefficient (Wildman–Crippen LogP) is 1.39. The highest BCUT2D eigenvalue weighted by atomic mass is 16.4. The average Bonchev–Trinajstić information content (AvgIpc) is 2.77. The number of aromatic carboxylic acids is 1. The van der Waals surface area contributed by atoms with Crippen LogP contribution in [0.1, 0.15) is 20.7 Å². The summed E-state index contributed by atoms with van der Waals surface area (Å²) in [7, 11) is 0. The number of anilines is 1. The summed E-state index contributed by atoms with van der Waals surface area (Å²) in [4.78, 5) is 27.3. The number of carbonyl (C=O) groups excluding carboxylic acids is 2. The molecule has 1 aliphatic heterocycles. The zero-order valence-electron chi connectivity index (χ0n) is 10.3. The monoisotopic (exact) mass is 265 g/mol. The van der Waals surface area contributed by atoms with Crippen molar-refractivity contribution < 1.29 is 14.7 Å². The fourth-order valence-electron chi connectivity index (χ4n) is 2.04. The molecule has 0 aliphatic carbocycles. The quantitative estimate of drug-likeness (QED) is 0.889. The van der Waals surface area contributed by atoms with Crippen LogP contribution in [0.2, 0.25) is 0 Å². The van der Waals surface area contributed by atoms with E-state index in [0.29, 0.717) is 5.69 Å². The van der Waals surface area contributed by atoms with Gasteiger partial charge < -0.3 is 15.2 Å². The van der Waals surface area contributed by atoms with Crippen LogP contribution in [-0.2, 0) is 0 Å². The highest BCUT2D eigenvalue weighted by Gasteiger charge is 2.26. The molecule has 20 heavy (non-hydrogen) atoms. The zero-order valence-corrected chi connectivity index (χ0v) is 10.3. The summed E-state index contributed by atoms with van der Waals surface area (Å²) >= 11 is 0. The van der Waals surface area contributed by atoms with E-state index in [1.807, 2.05) is 18.2 Å². The minimum absolute atomic E-state index is 0.0827. The Balaban J connectivity index is 2.00. The van der Waals surface area contributed by atoms with Crippen molar-refractivity contribution in [3.63, 3.8) is 0 Å². The van der Waals surface area contributed by atoms with Gasteiger partial charge in [0, 0.05) is 11.3 Å². The number of carboxylic acids is 1. The number of carboxylic acid groups (broad SMARTS) is 1. The first-order valence-electron chi connectivity index (χ1n) is 5.96. The third kappa shape index (κ3) is 1.95. The Morgan fingerprint density at radius 1 is 1.05 bits per heavy atom. The molecule has 5 nitrogen and oxygen atoms in total. The Kier molecular flexibility index (Phi) is 2.80. The van der Waals surface area contributed by atoms with Gasteiger partial charge in [-0.15, -0.1) is 0 Å². The van der Waals surface area contributed by atoms with Gasteiger partial charge in [0.25, 0.3) is 0 Å². The lowest BCUT2D eigenvalue weighted by Gasteiger charge is -2.04. The van der Waals surface area contributed by atoms with Crippen molar-refractivity contribution >= 4 is 29.0 Å². The molecule has 0 saturated heterocycles. The van der Waals surface area contributed by atoms with Gasteiger partial charge in [-0.25, -0.2) is 4.99 Å². The maximum absolute atomic E-state index is 12.2. The summed E-state index contributed by atoms with van der Waals surface area (Å²) in [6.07, 6.45) is 0. The second-order valence-electron chi connectivity index (χ2n) is 4.27. The molecule has 1 N–H and O–H groups in total. The molecule has 5 heteroatoms. The van der Waals surface area contributed by atoms with Crippen LogP contribution in [0, 0.1) is 0 Å². The standard InChI is InChI=1S/C15H10N2O3/c18-13-10-7-4-8-11(15(19)20)12(10)17-14(13)16-9-5-2-1-3-6-9/h1-8H,(H,19,20)(H,16,17,18)/p-1. The Labute approximate surface area is 114 Å². The number of carbonyl (C=O) groups is 2. The number of para-hydroxylation sites is 2. The van der Waals surface area contributed by atoms with Gasteiger partial charge in [-0.1, -0.05) is 30.3 Å². The first kappa shape index (κ1) is 12.1. The van der Waals surface area contributed by atoms with E-state index in [9.17, 15) is 14.7 Å². The van der Waals surface area contributed by atoms with Gasteiger partial charge >= 0.3 is 0 Å². The van der Waals surface area contributed by atoms with Crippen LogP contribution in [0.15, 0.2) is 53.5 Å². The normalized spacial score (nSPS) is 12.8.